The van der Waals surface area contributed by atoms with E-state index >= 15 is 0 Å². The molecule has 1 saturated heterocycles. The van der Waals surface area contributed by atoms with Gasteiger partial charge in [0.1, 0.15) is 0 Å². The number of nitrogens with one attached hydrogen (secondary N) is 3. The number of nitrogens with zero attached hydrogens (tertiary/aromatic N) is 2. The number of hydrogen-bond acceptors (Lipinski definition) is 4. The number of carbonyl (C=O) groups is 1. The topological polar surface area (TPSA) is 78.0 Å². The van der Waals surface area contributed by atoms with Crippen LogP contribution in [0.5, 0.6) is 0 Å². The highest BCUT2D eigenvalue weighted by Crippen LogP contribution is 2.07. The van der Waals surface area contributed by atoms with Gasteiger partial charge >= 0.3 is 0 Å². The Morgan fingerprint density at radius 1 is 1.29 bits per heavy atom. The van der Waals surface area contributed by atoms with Crippen molar-refractivity contribution in [2.45, 2.75) is 26.9 Å². The zero-order valence-corrected chi connectivity index (χ0v) is 17.6. The summed E-state index contributed by atoms with van der Waals surface area (Å²) in [5.74, 6) is 1.32. The minimum atomic E-state index is -0.0608. The SMILES string of the molecule is CN=C(NCCNC(=O)c1cccc(C)c1)NCC1CN(CC(C)C)CCO1. The van der Waals surface area contributed by atoms with Crippen molar-refractivity contribution in [3.8, 4) is 0 Å². The first kappa shape index (κ1) is 22.2. The molecule has 1 unspecified atom stereocenters. The molecule has 0 spiro atoms. The number of amides is 1. The van der Waals surface area contributed by atoms with Crippen molar-refractivity contribution in [2.75, 3.05) is 52.9 Å². The number of carbonyl (C=O) groups excluding carboxylic acids is 1. The fraction of sp³-hybridized carbons (Fsp3) is 0.619. The van der Waals surface area contributed by atoms with Gasteiger partial charge in [0.25, 0.3) is 5.91 Å². The van der Waals surface area contributed by atoms with Gasteiger partial charge in [-0.15, -0.1) is 0 Å². The van der Waals surface area contributed by atoms with Crippen LogP contribution in [-0.2, 0) is 4.74 Å². The predicted molar refractivity (Wildman–Crippen MR) is 114 cm³/mol. The summed E-state index contributed by atoms with van der Waals surface area (Å²) in [6.45, 7) is 12.1. The number of hydrogen-bond donors (Lipinski definition) is 3. The lowest BCUT2D eigenvalue weighted by atomic mass is 10.1. The molecule has 1 aliphatic heterocycles. The van der Waals surface area contributed by atoms with E-state index in [9.17, 15) is 4.79 Å². The Morgan fingerprint density at radius 2 is 2.07 bits per heavy atom. The van der Waals surface area contributed by atoms with E-state index in [1.54, 1.807) is 7.05 Å². The number of guanidine groups is 1. The van der Waals surface area contributed by atoms with Crippen LogP contribution in [0.3, 0.4) is 0 Å². The van der Waals surface area contributed by atoms with Gasteiger partial charge in [-0.3, -0.25) is 14.7 Å². The molecule has 28 heavy (non-hydrogen) atoms. The van der Waals surface area contributed by atoms with Crippen molar-refractivity contribution >= 4 is 11.9 Å². The van der Waals surface area contributed by atoms with Gasteiger partial charge in [0.15, 0.2) is 5.96 Å². The van der Waals surface area contributed by atoms with Gasteiger partial charge in [-0.2, -0.15) is 0 Å². The summed E-state index contributed by atoms with van der Waals surface area (Å²) in [6, 6.07) is 7.58. The molecule has 0 aliphatic carbocycles. The van der Waals surface area contributed by atoms with E-state index in [1.807, 2.05) is 31.2 Å². The molecule has 1 atom stereocenters. The third-order valence-corrected chi connectivity index (χ3v) is 4.55. The standard InChI is InChI=1S/C21H35N5O2/c1-16(2)14-26-10-11-28-19(15-26)13-25-21(22-4)24-9-8-23-20(27)18-7-5-6-17(3)12-18/h5-7,12,16,19H,8-11,13-15H2,1-4H3,(H,23,27)(H2,22,24,25). The van der Waals surface area contributed by atoms with E-state index in [1.165, 1.54) is 0 Å². The third kappa shape index (κ3) is 7.86. The zero-order valence-electron chi connectivity index (χ0n) is 17.6. The van der Waals surface area contributed by atoms with Crippen LogP contribution in [0.4, 0.5) is 0 Å². The lowest BCUT2D eigenvalue weighted by Gasteiger charge is -2.34. The summed E-state index contributed by atoms with van der Waals surface area (Å²) in [7, 11) is 1.74. The summed E-state index contributed by atoms with van der Waals surface area (Å²) < 4.78 is 5.86. The Morgan fingerprint density at radius 3 is 2.79 bits per heavy atom. The van der Waals surface area contributed by atoms with E-state index in [-0.39, 0.29) is 12.0 Å². The third-order valence-electron chi connectivity index (χ3n) is 4.55. The fourth-order valence-electron chi connectivity index (χ4n) is 3.26. The van der Waals surface area contributed by atoms with Crippen molar-refractivity contribution < 1.29 is 9.53 Å². The highest BCUT2D eigenvalue weighted by molar-refractivity contribution is 5.94. The van der Waals surface area contributed by atoms with E-state index in [4.69, 9.17) is 4.74 Å². The summed E-state index contributed by atoms with van der Waals surface area (Å²) in [5, 5.41) is 9.46. The fourth-order valence-corrected chi connectivity index (χ4v) is 3.26. The normalized spacial score (nSPS) is 18.2. The van der Waals surface area contributed by atoms with E-state index in [2.05, 4.69) is 39.7 Å². The van der Waals surface area contributed by atoms with Gasteiger partial charge in [-0.05, 0) is 25.0 Å². The summed E-state index contributed by atoms with van der Waals surface area (Å²) in [6.07, 6.45) is 0.159. The lowest BCUT2D eigenvalue weighted by Crippen LogP contribution is -2.50. The molecule has 3 N–H and O–H groups in total. The zero-order chi connectivity index (χ0) is 20.4. The van der Waals surface area contributed by atoms with Crippen molar-refractivity contribution in [3.63, 3.8) is 0 Å². The summed E-state index contributed by atoms with van der Waals surface area (Å²) in [5.41, 5.74) is 1.76. The molecule has 1 aliphatic rings. The maximum Gasteiger partial charge on any atom is 0.251 e. The minimum Gasteiger partial charge on any atom is -0.374 e. The second kappa shape index (κ2) is 11.7. The molecule has 0 radical (unpaired) electrons. The maximum atomic E-state index is 12.1. The largest absolute Gasteiger partial charge is 0.374 e. The Labute approximate surface area is 168 Å². The molecule has 1 amide bonds. The van der Waals surface area contributed by atoms with Crippen LogP contribution >= 0.6 is 0 Å². The van der Waals surface area contributed by atoms with Crippen LogP contribution in [-0.4, -0.2) is 75.8 Å². The van der Waals surface area contributed by atoms with Crippen molar-refractivity contribution in [1.29, 1.82) is 0 Å². The Hall–Kier alpha value is -2.12. The van der Waals surface area contributed by atoms with Crippen LogP contribution in [0.15, 0.2) is 29.3 Å². The molecular formula is C21H35N5O2. The number of rotatable bonds is 8. The molecule has 0 saturated carbocycles. The van der Waals surface area contributed by atoms with Gasteiger partial charge in [0, 0.05) is 51.9 Å². The average molecular weight is 390 g/mol. The van der Waals surface area contributed by atoms with Gasteiger partial charge in [-0.25, -0.2) is 0 Å². The molecule has 2 rings (SSSR count). The molecule has 1 aromatic carbocycles. The molecule has 156 valence electrons. The van der Waals surface area contributed by atoms with Gasteiger partial charge < -0.3 is 20.7 Å². The Balaban J connectivity index is 1.65. The molecule has 7 nitrogen and oxygen atoms in total. The van der Waals surface area contributed by atoms with Crippen molar-refractivity contribution in [2.24, 2.45) is 10.9 Å². The van der Waals surface area contributed by atoms with Crippen LogP contribution < -0.4 is 16.0 Å². The first-order valence-corrected chi connectivity index (χ1v) is 10.1. The number of aliphatic imine (C=N–C) groups is 1. The van der Waals surface area contributed by atoms with Gasteiger partial charge in [0.2, 0.25) is 0 Å². The smallest absolute Gasteiger partial charge is 0.251 e. The quantitative estimate of drug-likeness (QED) is 0.354. The highest BCUT2D eigenvalue weighted by Gasteiger charge is 2.21. The molecule has 1 fully saturated rings. The summed E-state index contributed by atoms with van der Waals surface area (Å²) in [4.78, 5) is 18.8. The minimum absolute atomic E-state index is 0.0608. The molecule has 0 aromatic heterocycles. The number of morpholine rings is 1. The number of aryl methyl sites for hydroxylation is 1. The first-order valence-electron chi connectivity index (χ1n) is 10.1. The Kier molecular flexibility index (Phi) is 9.23. The molecular weight excluding hydrogens is 354 g/mol. The number of ether oxygens (including phenoxy) is 1. The lowest BCUT2D eigenvalue weighted by molar-refractivity contribution is -0.0284. The molecule has 1 aromatic rings. The maximum absolute atomic E-state index is 12.1. The van der Waals surface area contributed by atoms with Gasteiger partial charge in [-0.1, -0.05) is 31.5 Å². The van der Waals surface area contributed by atoms with Gasteiger partial charge in [0.05, 0.1) is 12.7 Å². The molecule has 7 heteroatoms. The average Bonchev–Trinajstić information content (AvgIpc) is 2.67. The predicted octanol–water partition coefficient (Wildman–Crippen LogP) is 1.25. The van der Waals surface area contributed by atoms with Crippen molar-refractivity contribution in [1.82, 2.24) is 20.9 Å². The summed E-state index contributed by atoms with van der Waals surface area (Å²) >= 11 is 0. The molecule has 1 heterocycles. The monoisotopic (exact) mass is 389 g/mol. The second-order valence-corrected chi connectivity index (χ2v) is 7.65. The molecule has 0 bridgehead atoms. The van der Waals surface area contributed by atoms with Crippen LogP contribution in [0.25, 0.3) is 0 Å². The van der Waals surface area contributed by atoms with Crippen LogP contribution in [0.2, 0.25) is 0 Å². The second-order valence-electron chi connectivity index (χ2n) is 7.65. The highest BCUT2D eigenvalue weighted by atomic mass is 16.5. The Bertz CT molecular complexity index is 647. The van der Waals surface area contributed by atoms with Crippen LogP contribution in [0.1, 0.15) is 29.8 Å². The first-order chi connectivity index (χ1) is 13.5. The van der Waals surface area contributed by atoms with E-state index in [0.717, 1.165) is 37.8 Å². The van der Waals surface area contributed by atoms with Crippen molar-refractivity contribution in [3.05, 3.63) is 35.4 Å². The van der Waals surface area contributed by atoms with Crippen LogP contribution in [0, 0.1) is 12.8 Å². The van der Waals surface area contributed by atoms with E-state index in [0.29, 0.717) is 31.1 Å². The van der Waals surface area contributed by atoms with E-state index < -0.39 is 0 Å². The number of benzene rings is 1.